The van der Waals surface area contributed by atoms with Crippen LogP contribution in [0.3, 0.4) is 0 Å². The highest BCUT2D eigenvalue weighted by atomic mass is 19.4. The molecule has 4 rings (SSSR count). The number of anilines is 3. The Kier molecular flexibility index (Phi) is 6.52. The van der Waals surface area contributed by atoms with Crippen molar-refractivity contribution in [2.75, 3.05) is 17.2 Å². The normalized spacial score (nSPS) is 18.9. The molecule has 0 amide bonds. The molecule has 0 aliphatic heterocycles. The van der Waals surface area contributed by atoms with E-state index < -0.39 is 11.7 Å². The number of fused-ring (bicyclic) bond motifs is 1. The number of aliphatic hydroxyl groups is 1. The number of pyridine rings is 1. The van der Waals surface area contributed by atoms with Gasteiger partial charge in [-0.3, -0.25) is 4.79 Å². The fraction of sp³-hybridized carbons (Fsp3) is 0.409. The lowest BCUT2D eigenvalue weighted by atomic mass is 9.92. The monoisotopic (exact) mass is 462 g/mol. The maximum Gasteiger partial charge on any atom is 0.421 e. The molecule has 1 aromatic carbocycles. The highest BCUT2D eigenvalue weighted by Crippen LogP contribution is 2.35. The molecular formula is C22H25F3N6O2. The van der Waals surface area contributed by atoms with Crippen LogP contribution in [0.4, 0.5) is 30.6 Å². The Hall–Kier alpha value is -3.18. The van der Waals surface area contributed by atoms with E-state index in [1.165, 1.54) is 4.57 Å². The van der Waals surface area contributed by atoms with Gasteiger partial charge in [-0.25, -0.2) is 4.98 Å². The highest BCUT2D eigenvalue weighted by Gasteiger charge is 2.36. The van der Waals surface area contributed by atoms with E-state index in [1.54, 1.807) is 30.5 Å². The largest absolute Gasteiger partial charge is 0.421 e. The maximum absolute atomic E-state index is 13.5. The van der Waals surface area contributed by atoms with Crippen molar-refractivity contribution in [3.05, 3.63) is 52.6 Å². The van der Waals surface area contributed by atoms with Gasteiger partial charge in [0.25, 0.3) is 5.56 Å². The summed E-state index contributed by atoms with van der Waals surface area (Å²) in [4.78, 5) is 20.4. The zero-order valence-corrected chi connectivity index (χ0v) is 17.8. The second-order valence-electron chi connectivity index (χ2n) is 8.17. The van der Waals surface area contributed by atoms with Gasteiger partial charge in [0.1, 0.15) is 11.4 Å². The average Bonchev–Trinajstić information content (AvgIpc) is 2.77. The van der Waals surface area contributed by atoms with E-state index in [4.69, 9.17) is 10.8 Å². The average molecular weight is 462 g/mol. The van der Waals surface area contributed by atoms with Crippen molar-refractivity contribution >= 4 is 28.2 Å². The zero-order valence-electron chi connectivity index (χ0n) is 17.8. The molecule has 8 nitrogen and oxygen atoms in total. The summed E-state index contributed by atoms with van der Waals surface area (Å²) < 4.78 is 42.0. The van der Waals surface area contributed by atoms with Gasteiger partial charge in [-0.2, -0.15) is 18.2 Å². The number of nitrogens with zero attached hydrogens (tertiary/aromatic N) is 3. The third kappa shape index (κ3) is 5.25. The van der Waals surface area contributed by atoms with Crippen LogP contribution in [0.25, 0.3) is 10.8 Å². The first kappa shape index (κ1) is 23.0. The second-order valence-corrected chi connectivity index (χ2v) is 8.17. The molecule has 3 aromatic rings. The van der Waals surface area contributed by atoms with Gasteiger partial charge in [0.2, 0.25) is 5.95 Å². The standard InChI is InChI=1S/C22H25F3N6O2/c23-22(24,25)18-12-27-21(30-19(18)28-15-3-1-14(26)2-4-15)29-16-5-6-17-13(11-16)7-8-31(9-10-32)20(17)33/h5-8,11-12,14-15,32H,1-4,9-10,26H2,(H2,27,28,29,30). The Labute approximate surface area is 187 Å². The van der Waals surface area contributed by atoms with Gasteiger partial charge in [-0.05, 0) is 55.3 Å². The number of hydrogen-bond acceptors (Lipinski definition) is 7. The molecule has 11 heteroatoms. The summed E-state index contributed by atoms with van der Waals surface area (Å²) in [7, 11) is 0. The van der Waals surface area contributed by atoms with Crippen molar-refractivity contribution < 1.29 is 18.3 Å². The van der Waals surface area contributed by atoms with E-state index in [0.717, 1.165) is 19.0 Å². The minimum Gasteiger partial charge on any atom is -0.395 e. The van der Waals surface area contributed by atoms with Gasteiger partial charge in [-0.1, -0.05) is 0 Å². The van der Waals surface area contributed by atoms with Crippen molar-refractivity contribution in [1.82, 2.24) is 14.5 Å². The van der Waals surface area contributed by atoms with Crippen LogP contribution in [0.5, 0.6) is 0 Å². The first-order valence-corrected chi connectivity index (χ1v) is 10.7. The van der Waals surface area contributed by atoms with Crippen molar-refractivity contribution in [3.8, 4) is 0 Å². The molecule has 2 heterocycles. The Morgan fingerprint density at radius 1 is 1.18 bits per heavy atom. The molecule has 176 valence electrons. The Bertz CT molecular complexity index is 1190. The van der Waals surface area contributed by atoms with Crippen LogP contribution in [0.2, 0.25) is 0 Å². The number of alkyl halides is 3. The molecular weight excluding hydrogens is 437 g/mol. The van der Waals surface area contributed by atoms with Gasteiger partial charge < -0.3 is 26.0 Å². The first-order chi connectivity index (χ1) is 15.7. The smallest absolute Gasteiger partial charge is 0.395 e. The summed E-state index contributed by atoms with van der Waals surface area (Å²) in [5.41, 5.74) is 5.26. The summed E-state index contributed by atoms with van der Waals surface area (Å²) in [6, 6.07) is 6.60. The van der Waals surface area contributed by atoms with Crippen LogP contribution in [-0.2, 0) is 12.7 Å². The van der Waals surface area contributed by atoms with Gasteiger partial charge in [0.15, 0.2) is 0 Å². The molecule has 0 atom stereocenters. The molecule has 0 bridgehead atoms. The number of hydrogen-bond donors (Lipinski definition) is 4. The number of aromatic nitrogens is 3. The summed E-state index contributed by atoms with van der Waals surface area (Å²) in [6.45, 7) is 0.0389. The van der Waals surface area contributed by atoms with Gasteiger partial charge in [0, 0.05) is 42.1 Å². The molecule has 1 saturated carbocycles. The number of rotatable bonds is 6. The van der Waals surface area contributed by atoms with Gasteiger partial charge in [-0.15, -0.1) is 0 Å². The van der Waals surface area contributed by atoms with Crippen LogP contribution in [-0.4, -0.2) is 38.3 Å². The third-order valence-electron chi connectivity index (χ3n) is 5.78. The topological polar surface area (TPSA) is 118 Å². The fourth-order valence-electron chi connectivity index (χ4n) is 4.00. The van der Waals surface area contributed by atoms with E-state index in [9.17, 15) is 18.0 Å². The maximum atomic E-state index is 13.5. The third-order valence-corrected chi connectivity index (χ3v) is 5.78. The van der Waals surface area contributed by atoms with Crippen LogP contribution < -0.4 is 21.9 Å². The Morgan fingerprint density at radius 3 is 2.64 bits per heavy atom. The predicted molar refractivity (Wildman–Crippen MR) is 119 cm³/mol. The number of nitrogens with two attached hydrogens (primary N) is 1. The predicted octanol–water partition coefficient (Wildman–Crippen LogP) is 3.23. The first-order valence-electron chi connectivity index (χ1n) is 10.7. The van der Waals surface area contributed by atoms with Gasteiger partial charge >= 0.3 is 6.18 Å². The quantitative estimate of drug-likeness (QED) is 0.444. The minimum absolute atomic E-state index is 0.00554. The number of halogens is 3. The molecule has 1 fully saturated rings. The molecule has 5 N–H and O–H groups in total. The van der Waals surface area contributed by atoms with Crippen LogP contribution in [0.1, 0.15) is 31.2 Å². The summed E-state index contributed by atoms with van der Waals surface area (Å²) in [5.74, 6) is -0.265. The van der Waals surface area contributed by atoms with Crippen LogP contribution >= 0.6 is 0 Å². The molecule has 0 radical (unpaired) electrons. The number of aliphatic hydroxyl groups excluding tert-OH is 1. The van der Waals surface area contributed by atoms with Crippen molar-refractivity contribution in [1.29, 1.82) is 0 Å². The molecule has 0 unspecified atom stereocenters. The molecule has 33 heavy (non-hydrogen) atoms. The summed E-state index contributed by atoms with van der Waals surface area (Å²) in [5, 5.41) is 16.0. The van der Waals surface area contributed by atoms with Crippen LogP contribution in [0, 0.1) is 0 Å². The van der Waals surface area contributed by atoms with E-state index in [1.807, 2.05) is 0 Å². The second kappa shape index (κ2) is 9.36. The van der Waals surface area contributed by atoms with Crippen molar-refractivity contribution in [3.63, 3.8) is 0 Å². The molecule has 0 saturated heterocycles. The number of benzene rings is 1. The number of nitrogens with one attached hydrogen (secondary N) is 2. The summed E-state index contributed by atoms with van der Waals surface area (Å²) >= 11 is 0. The Morgan fingerprint density at radius 2 is 1.94 bits per heavy atom. The van der Waals surface area contributed by atoms with E-state index >= 15 is 0 Å². The molecule has 2 aromatic heterocycles. The summed E-state index contributed by atoms with van der Waals surface area (Å²) in [6.07, 6.45) is 0.577. The fourth-order valence-corrected chi connectivity index (χ4v) is 4.00. The highest BCUT2D eigenvalue weighted by molar-refractivity contribution is 5.85. The van der Waals surface area contributed by atoms with E-state index in [0.29, 0.717) is 29.3 Å². The van der Waals surface area contributed by atoms with E-state index in [-0.39, 0.29) is 42.6 Å². The van der Waals surface area contributed by atoms with Crippen molar-refractivity contribution in [2.45, 2.75) is 50.5 Å². The minimum atomic E-state index is -4.59. The van der Waals surface area contributed by atoms with Crippen molar-refractivity contribution in [2.24, 2.45) is 5.73 Å². The van der Waals surface area contributed by atoms with E-state index in [2.05, 4.69) is 20.6 Å². The lowest BCUT2D eigenvalue weighted by Crippen LogP contribution is -2.33. The lowest BCUT2D eigenvalue weighted by molar-refractivity contribution is -0.137. The molecule has 0 spiro atoms. The molecule has 1 aliphatic carbocycles. The Balaban J connectivity index is 1.60. The lowest BCUT2D eigenvalue weighted by Gasteiger charge is -2.28. The van der Waals surface area contributed by atoms with Gasteiger partial charge in [0.05, 0.1) is 6.61 Å². The van der Waals surface area contributed by atoms with Crippen LogP contribution in [0.15, 0.2) is 41.5 Å². The molecule has 1 aliphatic rings. The zero-order chi connectivity index (χ0) is 23.6. The SMILES string of the molecule is NC1CCC(Nc2nc(Nc3ccc4c(=O)n(CCO)ccc4c3)ncc2C(F)(F)F)CC1.